The first-order valence-electron chi connectivity index (χ1n) is 6.24. The summed E-state index contributed by atoms with van der Waals surface area (Å²) in [6.45, 7) is -0.219. The van der Waals surface area contributed by atoms with Gasteiger partial charge in [-0.15, -0.1) is 0 Å². The Morgan fingerprint density at radius 1 is 1.26 bits per heavy atom. The molecular formula is C14H10ClN3O4S. The van der Waals surface area contributed by atoms with Crippen molar-refractivity contribution in [1.29, 1.82) is 5.26 Å². The van der Waals surface area contributed by atoms with Gasteiger partial charge in [-0.25, -0.2) is 4.28 Å². The molecule has 118 valence electrons. The summed E-state index contributed by atoms with van der Waals surface area (Å²) >= 11 is 5.78. The van der Waals surface area contributed by atoms with E-state index in [-0.39, 0.29) is 16.3 Å². The number of halogens is 1. The number of hydroxylamine groups is 1. The molecule has 0 aromatic heterocycles. The van der Waals surface area contributed by atoms with Gasteiger partial charge in [0.15, 0.2) is 0 Å². The summed E-state index contributed by atoms with van der Waals surface area (Å²) in [6, 6.07) is 13.4. The SMILES string of the molecule is N#Cc1ccc(S(=O)(=O)O/N=[N+](\[O-])Cc2cccc(Cl)c2)cc1. The predicted molar refractivity (Wildman–Crippen MR) is 80.6 cm³/mol. The predicted octanol–water partition coefficient (Wildman–Crippen LogP) is 2.99. The van der Waals surface area contributed by atoms with Crippen LogP contribution in [-0.2, 0) is 20.9 Å². The van der Waals surface area contributed by atoms with Crippen molar-refractivity contribution in [1.82, 2.24) is 0 Å². The molecule has 0 fully saturated rings. The van der Waals surface area contributed by atoms with Crippen LogP contribution in [0.15, 0.2) is 58.7 Å². The molecule has 2 aromatic carbocycles. The van der Waals surface area contributed by atoms with Crippen molar-refractivity contribution in [3.63, 3.8) is 0 Å². The fourth-order valence-electron chi connectivity index (χ4n) is 1.64. The van der Waals surface area contributed by atoms with Gasteiger partial charge >= 0.3 is 10.1 Å². The Morgan fingerprint density at radius 3 is 2.57 bits per heavy atom. The average molecular weight is 352 g/mol. The molecule has 0 heterocycles. The molecule has 0 N–H and O–H groups in total. The lowest BCUT2D eigenvalue weighted by atomic mass is 10.2. The Hall–Kier alpha value is -2.63. The third-order valence-corrected chi connectivity index (χ3v) is 4.05. The molecule has 0 bridgehead atoms. The summed E-state index contributed by atoms with van der Waals surface area (Å²) < 4.78 is 28.1. The number of nitrogens with zero attached hydrogens (tertiary/aromatic N) is 3. The van der Waals surface area contributed by atoms with Crippen LogP contribution < -0.4 is 0 Å². The Kier molecular flexibility index (Phi) is 5.16. The maximum atomic E-state index is 11.9. The minimum absolute atomic E-state index is 0.0901. The lowest BCUT2D eigenvalue weighted by molar-refractivity contribution is -0.567. The van der Waals surface area contributed by atoms with Crippen LogP contribution in [-0.4, -0.2) is 13.3 Å². The van der Waals surface area contributed by atoms with Crippen molar-refractivity contribution >= 4 is 21.7 Å². The topological polar surface area (TPSA) is 106 Å². The van der Waals surface area contributed by atoms with Gasteiger partial charge in [0.2, 0.25) is 11.8 Å². The third-order valence-electron chi connectivity index (χ3n) is 2.70. The fourth-order valence-corrected chi connectivity index (χ4v) is 2.57. The van der Waals surface area contributed by atoms with E-state index in [0.29, 0.717) is 16.1 Å². The van der Waals surface area contributed by atoms with Crippen molar-refractivity contribution in [3.8, 4) is 6.07 Å². The number of benzene rings is 2. The molecular weight excluding hydrogens is 342 g/mol. The highest BCUT2D eigenvalue weighted by molar-refractivity contribution is 7.86. The first-order valence-corrected chi connectivity index (χ1v) is 8.03. The number of hydrogen-bond acceptors (Lipinski definition) is 6. The highest BCUT2D eigenvalue weighted by Crippen LogP contribution is 2.14. The van der Waals surface area contributed by atoms with E-state index in [2.05, 4.69) is 9.56 Å². The molecule has 0 radical (unpaired) electrons. The Bertz CT molecular complexity index is 874. The van der Waals surface area contributed by atoms with Crippen LogP contribution in [0.1, 0.15) is 11.1 Å². The second-order valence-electron chi connectivity index (χ2n) is 4.39. The van der Waals surface area contributed by atoms with E-state index in [4.69, 9.17) is 16.9 Å². The van der Waals surface area contributed by atoms with E-state index in [1.807, 2.05) is 6.07 Å². The van der Waals surface area contributed by atoms with Gasteiger partial charge in [-0.3, -0.25) is 0 Å². The normalized spacial score (nSPS) is 11.7. The second kappa shape index (κ2) is 7.09. The monoisotopic (exact) mass is 351 g/mol. The van der Waals surface area contributed by atoms with Crippen molar-refractivity contribution in [2.75, 3.05) is 0 Å². The van der Waals surface area contributed by atoms with Crippen LogP contribution in [0.2, 0.25) is 5.02 Å². The standard InChI is InChI=1S/C14H10ClN3O4S/c15-13-3-1-2-12(8-13)10-18(19)17-22-23(20,21)14-6-4-11(9-16)5-7-14/h1-8H,10H2/b18-17-. The maximum absolute atomic E-state index is 11.9. The van der Waals surface area contributed by atoms with Crippen LogP contribution in [0.4, 0.5) is 0 Å². The molecule has 7 nitrogen and oxygen atoms in total. The summed E-state index contributed by atoms with van der Waals surface area (Å²) in [5.74, 6) is 0. The van der Waals surface area contributed by atoms with Gasteiger partial charge < -0.3 is 5.21 Å². The summed E-state index contributed by atoms with van der Waals surface area (Å²) in [5, 5.41) is 23.7. The average Bonchev–Trinajstić information content (AvgIpc) is 2.53. The minimum Gasteiger partial charge on any atom is -0.597 e. The highest BCUT2D eigenvalue weighted by Gasteiger charge is 2.17. The largest absolute Gasteiger partial charge is 0.597 e. The molecule has 0 saturated heterocycles. The van der Waals surface area contributed by atoms with Gasteiger partial charge in [-0.1, -0.05) is 28.6 Å². The van der Waals surface area contributed by atoms with Gasteiger partial charge in [-0.05, 0) is 36.4 Å². The molecule has 0 unspecified atom stereocenters. The van der Waals surface area contributed by atoms with Crippen LogP contribution in [0.5, 0.6) is 0 Å². The van der Waals surface area contributed by atoms with E-state index < -0.39 is 10.1 Å². The van der Waals surface area contributed by atoms with Crippen LogP contribution in [0, 0.1) is 16.5 Å². The molecule has 0 aliphatic carbocycles. The van der Waals surface area contributed by atoms with E-state index in [9.17, 15) is 13.6 Å². The molecule has 0 amide bonds. The molecule has 0 aliphatic rings. The van der Waals surface area contributed by atoms with Crippen molar-refractivity contribution in [3.05, 3.63) is 69.9 Å². The second-order valence-corrected chi connectivity index (χ2v) is 6.35. The van der Waals surface area contributed by atoms with E-state index in [0.717, 1.165) is 0 Å². The van der Waals surface area contributed by atoms with E-state index in [1.165, 1.54) is 24.3 Å². The van der Waals surface area contributed by atoms with Gasteiger partial charge in [0.1, 0.15) is 4.90 Å². The molecule has 9 heteroatoms. The minimum atomic E-state index is -4.22. The molecule has 0 saturated carbocycles. The van der Waals surface area contributed by atoms with Crippen molar-refractivity contribution < 1.29 is 17.6 Å². The zero-order valence-corrected chi connectivity index (χ0v) is 13.2. The van der Waals surface area contributed by atoms with Crippen molar-refractivity contribution in [2.45, 2.75) is 11.4 Å². The first kappa shape index (κ1) is 16.7. The van der Waals surface area contributed by atoms with Gasteiger partial charge in [-0.2, -0.15) is 13.7 Å². The molecule has 0 aliphatic heterocycles. The van der Waals surface area contributed by atoms with Crippen molar-refractivity contribution in [2.24, 2.45) is 5.28 Å². The van der Waals surface area contributed by atoms with E-state index >= 15 is 0 Å². The highest BCUT2D eigenvalue weighted by atomic mass is 35.5. The molecule has 0 spiro atoms. The Balaban J connectivity index is 2.09. The number of hydrogen-bond donors (Lipinski definition) is 0. The molecule has 23 heavy (non-hydrogen) atoms. The zero-order valence-electron chi connectivity index (χ0n) is 11.6. The van der Waals surface area contributed by atoms with Gasteiger partial charge in [0.25, 0.3) is 0 Å². The number of rotatable bonds is 5. The molecule has 0 atom stereocenters. The number of nitriles is 1. The summed E-state index contributed by atoms with van der Waals surface area (Å²) in [6.07, 6.45) is 0. The fraction of sp³-hybridized carbons (Fsp3) is 0.0714. The van der Waals surface area contributed by atoms with Crippen LogP contribution >= 0.6 is 11.6 Å². The lowest BCUT2D eigenvalue weighted by Crippen LogP contribution is -2.07. The van der Waals surface area contributed by atoms with Crippen LogP contribution in [0.25, 0.3) is 0 Å². The quantitative estimate of drug-likeness (QED) is 0.467. The molecule has 2 aromatic rings. The zero-order chi connectivity index (χ0) is 16.9. The van der Waals surface area contributed by atoms with E-state index in [1.54, 1.807) is 24.3 Å². The van der Waals surface area contributed by atoms with Gasteiger partial charge in [0, 0.05) is 10.6 Å². The summed E-state index contributed by atoms with van der Waals surface area (Å²) in [5.41, 5.74) is 0.850. The first-order chi connectivity index (χ1) is 10.9. The Labute approximate surface area is 137 Å². The molecule has 2 rings (SSSR count). The van der Waals surface area contributed by atoms with Crippen LogP contribution in [0.3, 0.4) is 0 Å². The Morgan fingerprint density at radius 2 is 1.96 bits per heavy atom. The summed E-state index contributed by atoms with van der Waals surface area (Å²) in [4.78, 5) is -0.122. The maximum Gasteiger partial charge on any atom is 0.363 e. The third kappa shape index (κ3) is 4.67. The van der Waals surface area contributed by atoms with Gasteiger partial charge in [0.05, 0.1) is 11.6 Å². The smallest absolute Gasteiger partial charge is 0.363 e. The summed E-state index contributed by atoms with van der Waals surface area (Å²) in [7, 11) is -4.22. The lowest BCUT2D eigenvalue weighted by Gasteiger charge is -2.02.